The molecule has 2 nitrogen and oxygen atoms in total. The molecule has 1 aliphatic rings. The monoisotopic (exact) mass is 317 g/mol. The summed E-state index contributed by atoms with van der Waals surface area (Å²) in [6.45, 7) is 13.6. The molecular formula is C21H35NO. The fourth-order valence-corrected chi connectivity index (χ4v) is 4.00. The van der Waals surface area contributed by atoms with Crippen molar-refractivity contribution in [3.63, 3.8) is 0 Å². The molecule has 0 amide bonds. The lowest BCUT2D eigenvalue weighted by Gasteiger charge is -2.49. The molecule has 1 N–H and O–H groups in total. The highest BCUT2D eigenvalue weighted by Crippen LogP contribution is 2.47. The SMILES string of the molecule is CC[C@]1(C)C[C@](CCN[C@@H](C)c2ccccc2)(C(C)C)CCO1. The van der Waals surface area contributed by atoms with Crippen molar-refractivity contribution in [1.29, 1.82) is 0 Å². The van der Waals surface area contributed by atoms with Crippen molar-refractivity contribution in [3.05, 3.63) is 35.9 Å². The number of rotatable bonds is 7. The van der Waals surface area contributed by atoms with Crippen LogP contribution in [0.25, 0.3) is 0 Å². The summed E-state index contributed by atoms with van der Waals surface area (Å²) < 4.78 is 6.10. The molecule has 2 rings (SSSR count). The average molecular weight is 318 g/mol. The molecule has 1 saturated heterocycles. The first-order chi connectivity index (χ1) is 10.9. The molecule has 130 valence electrons. The fraction of sp³-hybridized carbons (Fsp3) is 0.714. The second kappa shape index (κ2) is 7.81. The van der Waals surface area contributed by atoms with E-state index in [9.17, 15) is 0 Å². The van der Waals surface area contributed by atoms with Gasteiger partial charge in [-0.1, -0.05) is 51.1 Å². The summed E-state index contributed by atoms with van der Waals surface area (Å²) in [5.74, 6) is 0.700. The maximum absolute atomic E-state index is 6.10. The molecule has 1 fully saturated rings. The van der Waals surface area contributed by atoms with Crippen LogP contribution in [0.5, 0.6) is 0 Å². The predicted molar refractivity (Wildman–Crippen MR) is 98.6 cm³/mol. The molecule has 0 aromatic heterocycles. The highest BCUT2D eigenvalue weighted by atomic mass is 16.5. The number of hydrogen-bond acceptors (Lipinski definition) is 2. The van der Waals surface area contributed by atoms with Crippen LogP contribution in [-0.2, 0) is 4.74 Å². The standard InChI is InChI=1S/C21H35NO/c1-6-20(5)16-21(17(2)3,13-15-23-20)12-14-22-18(4)19-10-8-7-9-11-19/h7-11,17-18,22H,6,12-16H2,1-5H3/t18-,20+,21+/m0/s1. The molecule has 1 aromatic carbocycles. The van der Waals surface area contributed by atoms with Crippen LogP contribution < -0.4 is 5.32 Å². The summed E-state index contributed by atoms with van der Waals surface area (Å²) in [4.78, 5) is 0. The molecule has 0 spiro atoms. The minimum absolute atomic E-state index is 0.0631. The summed E-state index contributed by atoms with van der Waals surface area (Å²) in [6, 6.07) is 11.1. The minimum atomic E-state index is 0.0631. The van der Waals surface area contributed by atoms with Gasteiger partial charge >= 0.3 is 0 Å². The number of nitrogens with one attached hydrogen (secondary N) is 1. The van der Waals surface area contributed by atoms with Crippen LogP contribution in [-0.4, -0.2) is 18.8 Å². The number of benzene rings is 1. The molecule has 0 saturated carbocycles. The van der Waals surface area contributed by atoms with E-state index in [0.717, 1.165) is 19.6 Å². The Morgan fingerprint density at radius 3 is 2.48 bits per heavy atom. The Balaban J connectivity index is 1.95. The van der Waals surface area contributed by atoms with Crippen LogP contribution in [0, 0.1) is 11.3 Å². The Morgan fingerprint density at radius 1 is 1.17 bits per heavy atom. The zero-order valence-electron chi connectivity index (χ0n) is 15.7. The van der Waals surface area contributed by atoms with E-state index in [1.54, 1.807) is 0 Å². The van der Waals surface area contributed by atoms with Crippen molar-refractivity contribution in [2.24, 2.45) is 11.3 Å². The van der Waals surface area contributed by atoms with Crippen LogP contribution in [0.4, 0.5) is 0 Å². The summed E-state index contributed by atoms with van der Waals surface area (Å²) in [7, 11) is 0. The van der Waals surface area contributed by atoms with E-state index in [1.165, 1.54) is 24.8 Å². The Labute approximate surface area is 143 Å². The third-order valence-corrected chi connectivity index (χ3v) is 6.12. The van der Waals surface area contributed by atoms with Crippen molar-refractivity contribution in [1.82, 2.24) is 5.32 Å². The lowest BCUT2D eigenvalue weighted by Crippen LogP contribution is -2.46. The van der Waals surface area contributed by atoms with Gasteiger partial charge in [0.15, 0.2) is 0 Å². The first-order valence-electron chi connectivity index (χ1n) is 9.33. The first-order valence-corrected chi connectivity index (χ1v) is 9.33. The maximum atomic E-state index is 6.10. The third kappa shape index (κ3) is 4.58. The second-order valence-electron chi connectivity index (χ2n) is 7.93. The van der Waals surface area contributed by atoms with E-state index in [-0.39, 0.29) is 5.60 Å². The normalized spacial score (nSPS) is 29.7. The molecule has 23 heavy (non-hydrogen) atoms. The van der Waals surface area contributed by atoms with Gasteiger partial charge < -0.3 is 10.1 Å². The largest absolute Gasteiger partial charge is 0.375 e. The van der Waals surface area contributed by atoms with Crippen molar-refractivity contribution in [2.45, 2.75) is 71.9 Å². The Morgan fingerprint density at radius 2 is 1.87 bits per heavy atom. The Hall–Kier alpha value is -0.860. The maximum Gasteiger partial charge on any atom is 0.0657 e. The Kier molecular flexibility index (Phi) is 6.27. The smallest absolute Gasteiger partial charge is 0.0657 e. The zero-order valence-corrected chi connectivity index (χ0v) is 15.7. The van der Waals surface area contributed by atoms with Gasteiger partial charge in [-0.2, -0.15) is 0 Å². The van der Waals surface area contributed by atoms with Gasteiger partial charge in [0.2, 0.25) is 0 Å². The summed E-state index contributed by atoms with van der Waals surface area (Å²) in [5.41, 5.74) is 1.84. The fourth-order valence-electron chi connectivity index (χ4n) is 4.00. The summed E-state index contributed by atoms with van der Waals surface area (Å²) in [6.07, 6.45) is 4.73. The summed E-state index contributed by atoms with van der Waals surface area (Å²) in [5, 5.41) is 3.73. The van der Waals surface area contributed by atoms with Gasteiger partial charge in [-0.3, -0.25) is 0 Å². The second-order valence-corrected chi connectivity index (χ2v) is 7.93. The van der Waals surface area contributed by atoms with Crippen molar-refractivity contribution in [2.75, 3.05) is 13.2 Å². The highest BCUT2D eigenvalue weighted by molar-refractivity contribution is 5.18. The first kappa shape index (κ1) is 18.5. The molecule has 2 heteroatoms. The Bertz CT molecular complexity index is 472. The third-order valence-electron chi connectivity index (χ3n) is 6.12. The number of ether oxygens (including phenoxy) is 1. The highest BCUT2D eigenvalue weighted by Gasteiger charge is 2.43. The van der Waals surface area contributed by atoms with Gasteiger partial charge in [-0.05, 0) is 63.0 Å². The molecule has 0 bridgehead atoms. The molecule has 0 aliphatic carbocycles. The summed E-state index contributed by atoms with van der Waals surface area (Å²) >= 11 is 0. The van der Waals surface area contributed by atoms with E-state index >= 15 is 0 Å². The molecule has 1 aromatic rings. The lowest BCUT2D eigenvalue weighted by atomic mass is 9.64. The van der Waals surface area contributed by atoms with Crippen LogP contribution >= 0.6 is 0 Å². The van der Waals surface area contributed by atoms with E-state index in [0.29, 0.717) is 17.4 Å². The molecule has 1 aliphatic heterocycles. The van der Waals surface area contributed by atoms with Crippen LogP contribution in [0.1, 0.15) is 71.9 Å². The van der Waals surface area contributed by atoms with Gasteiger partial charge in [0, 0.05) is 12.6 Å². The van der Waals surface area contributed by atoms with E-state index < -0.39 is 0 Å². The lowest BCUT2D eigenvalue weighted by molar-refractivity contribution is -0.132. The average Bonchev–Trinajstić information content (AvgIpc) is 2.55. The predicted octanol–water partition coefficient (Wildman–Crippen LogP) is 5.35. The van der Waals surface area contributed by atoms with Gasteiger partial charge in [-0.25, -0.2) is 0 Å². The molecule has 3 atom stereocenters. The van der Waals surface area contributed by atoms with Crippen LogP contribution in [0.15, 0.2) is 30.3 Å². The molecule has 1 heterocycles. The van der Waals surface area contributed by atoms with Gasteiger partial charge in [0.05, 0.1) is 5.60 Å². The van der Waals surface area contributed by atoms with Crippen molar-refractivity contribution in [3.8, 4) is 0 Å². The van der Waals surface area contributed by atoms with Crippen LogP contribution in [0.2, 0.25) is 0 Å². The van der Waals surface area contributed by atoms with Crippen LogP contribution in [0.3, 0.4) is 0 Å². The minimum Gasteiger partial charge on any atom is -0.375 e. The van der Waals surface area contributed by atoms with Crippen molar-refractivity contribution < 1.29 is 4.74 Å². The van der Waals surface area contributed by atoms with Gasteiger partial charge in [-0.15, -0.1) is 0 Å². The quantitative estimate of drug-likeness (QED) is 0.732. The van der Waals surface area contributed by atoms with E-state index in [2.05, 4.69) is 70.3 Å². The van der Waals surface area contributed by atoms with E-state index in [4.69, 9.17) is 4.74 Å². The molecular weight excluding hydrogens is 282 g/mol. The molecule has 0 radical (unpaired) electrons. The number of hydrogen-bond donors (Lipinski definition) is 1. The topological polar surface area (TPSA) is 21.3 Å². The van der Waals surface area contributed by atoms with Gasteiger partial charge in [0.25, 0.3) is 0 Å². The van der Waals surface area contributed by atoms with Crippen molar-refractivity contribution >= 4 is 0 Å². The molecule has 0 unspecified atom stereocenters. The van der Waals surface area contributed by atoms with Gasteiger partial charge in [0.1, 0.15) is 0 Å². The van der Waals surface area contributed by atoms with E-state index in [1.807, 2.05) is 0 Å². The zero-order chi connectivity index (χ0) is 16.9.